The Balaban J connectivity index is 1.94. The van der Waals surface area contributed by atoms with Crippen LogP contribution in [-0.2, 0) is 0 Å². The Hall–Kier alpha value is -3.05. The van der Waals surface area contributed by atoms with Crippen molar-refractivity contribution < 1.29 is 23.2 Å². The summed E-state index contributed by atoms with van der Waals surface area (Å²) in [5, 5.41) is 15.2. The molecule has 0 saturated carbocycles. The van der Waals surface area contributed by atoms with Crippen LogP contribution >= 0.6 is 23.1 Å². The van der Waals surface area contributed by atoms with Crippen LogP contribution in [0.3, 0.4) is 0 Å². The number of thioether (sulfide) groups is 1. The minimum atomic E-state index is -0.788. The fourth-order valence-corrected chi connectivity index (χ4v) is 3.83. The van der Waals surface area contributed by atoms with E-state index in [0.717, 1.165) is 23.5 Å². The molecule has 0 fully saturated rings. The van der Waals surface area contributed by atoms with Gasteiger partial charge in [-0.1, -0.05) is 6.07 Å². The van der Waals surface area contributed by atoms with Gasteiger partial charge in [0.25, 0.3) is 11.6 Å². The van der Waals surface area contributed by atoms with Gasteiger partial charge >= 0.3 is 0 Å². The van der Waals surface area contributed by atoms with Crippen LogP contribution in [0.5, 0.6) is 5.75 Å². The number of hydrogen-bond acceptors (Lipinski definition) is 7. The summed E-state index contributed by atoms with van der Waals surface area (Å²) in [5.74, 6) is -2.08. The molecule has 2 aromatic carbocycles. The normalized spacial score (nSPS) is 10.6. The quantitative estimate of drug-likeness (QED) is 0.332. The first kappa shape index (κ1) is 20.7. The molecule has 150 valence electrons. The van der Waals surface area contributed by atoms with Crippen molar-refractivity contribution in [2.24, 2.45) is 0 Å². The van der Waals surface area contributed by atoms with Crippen LogP contribution in [0.4, 0.5) is 19.6 Å². The maximum absolute atomic E-state index is 13.9. The van der Waals surface area contributed by atoms with Gasteiger partial charge in [-0.15, -0.1) is 23.1 Å². The largest absolute Gasteiger partial charge is 0.495 e. The van der Waals surface area contributed by atoms with Gasteiger partial charge in [0.1, 0.15) is 22.9 Å². The summed E-state index contributed by atoms with van der Waals surface area (Å²) < 4.78 is 33.0. The molecule has 0 unspecified atom stereocenters. The average Bonchev–Trinajstić information content (AvgIpc) is 3.14. The molecule has 0 atom stereocenters. The number of anilines is 1. The van der Waals surface area contributed by atoms with Gasteiger partial charge in [-0.3, -0.25) is 20.2 Å². The number of hydrogen-bond donors (Lipinski definition) is 1. The second-order valence-electron chi connectivity index (χ2n) is 5.57. The van der Waals surface area contributed by atoms with E-state index in [1.165, 1.54) is 42.5 Å². The molecule has 1 heterocycles. The number of carbonyl (C=O) groups excluding carboxylic acids is 1. The maximum atomic E-state index is 13.9. The van der Waals surface area contributed by atoms with Crippen molar-refractivity contribution in [2.75, 3.05) is 18.7 Å². The third-order valence-corrected chi connectivity index (χ3v) is 5.40. The van der Waals surface area contributed by atoms with Gasteiger partial charge in [0.05, 0.1) is 34.3 Å². The van der Waals surface area contributed by atoms with Crippen molar-refractivity contribution in [3.63, 3.8) is 0 Å². The van der Waals surface area contributed by atoms with Crippen molar-refractivity contribution in [1.82, 2.24) is 4.98 Å². The SMILES string of the molecule is COc1cc([N+](=O)[O-])c(C(=O)Nc2nc(-c3c(F)cccc3F)cs2)cc1SC. The first-order valence-electron chi connectivity index (χ1n) is 7.97. The number of thiazole rings is 1. The third-order valence-electron chi connectivity index (χ3n) is 3.89. The fraction of sp³-hybridized carbons (Fsp3) is 0.111. The van der Waals surface area contributed by atoms with Crippen LogP contribution in [0.15, 0.2) is 40.6 Å². The highest BCUT2D eigenvalue weighted by Crippen LogP contribution is 2.35. The molecule has 0 spiro atoms. The molecule has 3 aromatic rings. The van der Waals surface area contributed by atoms with Gasteiger partial charge in [0.2, 0.25) is 0 Å². The lowest BCUT2D eigenvalue weighted by atomic mass is 10.1. The molecule has 0 saturated heterocycles. The molecule has 29 heavy (non-hydrogen) atoms. The number of ether oxygens (including phenoxy) is 1. The monoisotopic (exact) mass is 437 g/mol. The molecule has 0 aliphatic heterocycles. The Morgan fingerprint density at radius 1 is 1.31 bits per heavy atom. The second-order valence-corrected chi connectivity index (χ2v) is 7.28. The maximum Gasteiger partial charge on any atom is 0.285 e. The van der Waals surface area contributed by atoms with E-state index in [-0.39, 0.29) is 27.7 Å². The lowest BCUT2D eigenvalue weighted by Crippen LogP contribution is -2.14. The molecule has 11 heteroatoms. The van der Waals surface area contributed by atoms with Gasteiger partial charge < -0.3 is 4.74 Å². The number of carbonyl (C=O) groups is 1. The van der Waals surface area contributed by atoms with E-state index in [4.69, 9.17) is 4.74 Å². The standard InChI is InChI=1S/C18H13F2N3O4S2/c1-27-14-7-13(23(25)26)9(6-15(14)28-2)17(24)22-18-21-12(8-29-18)16-10(19)4-3-5-11(16)20/h3-8H,1-2H3,(H,21,22,24). The molecule has 1 aromatic heterocycles. The summed E-state index contributed by atoms with van der Waals surface area (Å²) >= 11 is 2.20. The lowest BCUT2D eigenvalue weighted by molar-refractivity contribution is -0.385. The fourth-order valence-electron chi connectivity index (χ4n) is 2.55. The lowest BCUT2D eigenvalue weighted by Gasteiger charge is -2.09. The van der Waals surface area contributed by atoms with Gasteiger partial charge in [0, 0.05) is 5.38 Å². The highest BCUT2D eigenvalue weighted by atomic mass is 32.2. The zero-order valence-corrected chi connectivity index (χ0v) is 16.7. The molecule has 7 nitrogen and oxygen atoms in total. The Kier molecular flexibility index (Phi) is 6.09. The minimum absolute atomic E-state index is 0.00920. The molecule has 1 amide bonds. The summed E-state index contributed by atoms with van der Waals surface area (Å²) in [6, 6.07) is 5.95. The Bertz CT molecular complexity index is 1080. The van der Waals surface area contributed by atoms with E-state index in [0.29, 0.717) is 4.90 Å². The zero-order chi connectivity index (χ0) is 21.1. The summed E-state index contributed by atoms with van der Waals surface area (Å²) in [4.78, 5) is 27.9. The van der Waals surface area contributed by atoms with Crippen LogP contribution in [0.2, 0.25) is 0 Å². The molecular formula is C18H13F2N3O4S2. The number of methoxy groups -OCH3 is 1. The molecule has 0 radical (unpaired) electrons. The van der Waals surface area contributed by atoms with Crippen molar-refractivity contribution in [2.45, 2.75) is 4.90 Å². The minimum Gasteiger partial charge on any atom is -0.495 e. The van der Waals surface area contributed by atoms with Crippen LogP contribution in [0.25, 0.3) is 11.3 Å². The molecule has 1 N–H and O–H groups in total. The molecule has 0 aliphatic carbocycles. The smallest absolute Gasteiger partial charge is 0.285 e. The van der Waals surface area contributed by atoms with Crippen molar-refractivity contribution in [1.29, 1.82) is 0 Å². The van der Waals surface area contributed by atoms with Crippen molar-refractivity contribution in [3.05, 3.63) is 63.0 Å². The van der Waals surface area contributed by atoms with Crippen molar-refractivity contribution in [3.8, 4) is 17.0 Å². The predicted octanol–water partition coefficient (Wildman–Crippen LogP) is 4.98. The molecule has 0 aliphatic rings. The number of rotatable bonds is 6. The number of nitro groups is 1. The summed E-state index contributed by atoms with van der Waals surface area (Å²) in [6.45, 7) is 0. The highest BCUT2D eigenvalue weighted by Gasteiger charge is 2.25. The number of halogens is 2. The number of aromatic nitrogens is 1. The Labute approximate surface area is 171 Å². The third kappa shape index (κ3) is 4.20. The first-order chi connectivity index (χ1) is 13.8. The number of benzene rings is 2. The predicted molar refractivity (Wildman–Crippen MR) is 107 cm³/mol. The molecule has 3 rings (SSSR count). The summed E-state index contributed by atoms with van der Waals surface area (Å²) in [7, 11) is 1.37. The van der Waals surface area contributed by atoms with Crippen LogP contribution in [-0.4, -0.2) is 29.2 Å². The van der Waals surface area contributed by atoms with Crippen LogP contribution in [0, 0.1) is 21.7 Å². The number of nitrogens with zero attached hydrogens (tertiary/aromatic N) is 2. The van der Waals surface area contributed by atoms with E-state index in [1.807, 2.05) is 0 Å². The van der Waals surface area contributed by atoms with E-state index >= 15 is 0 Å². The average molecular weight is 437 g/mol. The summed E-state index contributed by atoms with van der Waals surface area (Å²) in [6.07, 6.45) is 1.74. The molecular weight excluding hydrogens is 424 g/mol. The first-order valence-corrected chi connectivity index (χ1v) is 10.1. The number of nitro benzene ring substituents is 1. The Morgan fingerprint density at radius 2 is 2.00 bits per heavy atom. The highest BCUT2D eigenvalue weighted by molar-refractivity contribution is 7.98. The van der Waals surface area contributed by atoms with E-state index in [2.05, 4.69) is 10.3 Å². The number of nitrogens with one attached hydrogen (secondary N) is 1. The van der Waals surface area contributed by atoms with Crippen LogP contribution < -0.4 is 10.1 Å². The zero-order valence-electron chi connectivity index (χ0n) is 15.1. The van der Waals surface area contributed by atoms with Gasteiger partial charge in [-0.05, 0) is 24.5 Å². The van der Waals surface area contributed by atoms with E-state index in [9.17, 15) is 23.7 Å². The summed E-state index contributed by atoms with van der Waals surface area (Å²) in [5.41, 5.74) is -0.928. The van der Waals surface area contributed by atoms with Gasteiger partial charge in [-0.25, -0.2) is 13.8 Å². The van der Waals surface area contributed by atoms with Crippen molar-refractivity contribution >= 4 is 39.8 Å². The van der Waals surface area contributed by atoms with Gasteiger partial charge in [-0.2, -0.15) is 0 Å². The molecule has 0 bridgehead atoms. The topological polar surface area (TPSA) is 94.4 Å². The van der Waals surface area contributed by atoms with E-state index in [1.54, 1.807) is 6.26 Å². The number of amides is 1. The van der Waals surface area contributed by atoms with Crippen LogP contribution in [0.1, 0.15) is 10.4 Å². The van der Waals surface area contributed by atoms with Gasteiger partial charge in [0.15, 0.2) is 5.13 Å². The Morgan fingerprint density at radius 3 is 2.59 bits per heavy atom. The second kappa shape index (κ2) is 8.53. The van der Waals surface area contributed by atoms with E-state index < -0.39 is 28.2 Å².